The molecular formula is C12H13F3NP. The number of alkyl halides is 3. The first-order valence-electron chi connectivity index (χ1n) is 4.93. The number of hydrogen-bond acceptors (Lipinski definition) is 1. The van der Waals surface area contributed by atoms with E-state index >= 15 is 0 Å². The fraction of sp³-hybridized carbons (Fsp3) is 0.333. The van der Waals surface area contributed by atoms with Gasteiger partial charge in [0.25, 0.3) is 0 Å². The largest absolute Gasteiger partial charge is 0.418 e. The Morgan fingerprint density at radius 3 is 2.47 bits per heavy atom. The van der Waals surface area contributed by atoms with Crippen LogP contribution in [0.2, 0.25) is 0 Å². The fourth-order valence-corrected chi connectivity index (χ4v) is 2.06. The SMILES string of the molecule is C#CCNc1c(C)cc(P)c(C)c1C(F)(F)F. The van der Waals surface area contributed by atoms with Crippen LogP contribution >= 0.6 is 9.24 Å². The monoisotopic (exact) mass is 259 g/mol. The standard InChI is InChI=1S/C12H13F3NP/c1-4-5-16-11-7(2)6-9(17)8(3)10(11)12(13,14)15/h1,6,16H,5,17H2,2-3H3. The molecule has 5 heteroatoms. The first-order chi connectivity index (χ1) is 7.79. The molecule has 1 aromatic rings. The summed E-state index contributed by atoms with van der Waals surface area (Å²) in [5.41, 5.74) is 0.160. The van der Waals surface area contributed by atoms with E-state index in [0.717, 1.165) is 0 Å². The molecule has 0 fully saturated rings. The molecule has 1 N–H and O–H groups in total. The molecule has 1 aromatic carbocycles. The van der Waals surface area contributed by atoms with Crippen LogP contribution in [0, 0.1) is 26.2 Å². The Morgan fingerprint density at radius 2 is 2.00 bits per heavy atom. The van der Waals surface area contributed by atoms with E-state index in [1.165, 1.54) is 6.92 Å². The highest BCUT2D eigenvalue weighted by atomic mass is 31.0. The summed E-state index contributed by atoms with van der Waals surface area (Å²) in [6.07, 6.45) is 0.665. The van der Waals surface area contributed by atoms with Crippen LogP contribution in [0.15, 0.2) is 6.07 Å². The molecule has 0 aromatic heterocycles. The molecule has 1 nitrogen and oxygen atoms in total. The zero-order valence-corrected chi connectivity index (χ0v) is 10.7. The number of benzene rings is 1. The van der Waals surface area contributed by atoms with E-state index in [1.807, 2.05) is 0 Å². The van der Waals surface area contributed by atoms with Crippen molar-refractivity contribution in [2.24, 2.45) is 0 Å². The second kappa shape index (κ2) is 4.98. The molecule has 0 aliphatic carbocycles. The van der Waals surface area contributed by atoms with E-state index in [1.54, 1.807) is 13.0 Å². The van der Waals surface area contributed by atoms with Crippen LogP contribution < -0.4 is 10.6 Å². The summed E-state index contributed by atoms with van der Waals surface area (Å²) in [6.45, 7) is 3.15. The summed E-state index contributed by atoms with van der Waals surface area (Å²) < 4.78 is 39.0. The maximum atomic E-state index is 13.0. The van der Waals surface area contributed by atoms with Gasteiger partial charge in [0.05, 0.1) is 17.8 Å². The lowest BCUT2D eigenvalue weighted by Crippen LogP contribution is -2.18. The summed E-state index contributed by atoms with van der Waals surface area (Å²) in [6, 6.07) is 1.69. The smallest absolute Gasteiger partial charge is 0.373 e. The van der Waals surface area contributed by atoms with Gasteiger partial charge in [-0.1, -0.05) is 5.92 Å². The van der Waals surface area contributed by atoms with Gasteiger partial charge in [-0.25, -0.2) is 0 Å². The lowest BCUT2D eigenvalue weighted by molar-refractivity contribution is -0.137. The molecule has 1 rings (SSSR count). The predicted molar refractivity (Wildman–Crippen MR) is 67.6 cm³/mol. The van der Waals surface area contributed by atoms with Gasteiger partial charge >= 0.3 is 6.18 Å². The molecule has 0 bridgehead atoms. The average molecular weight is 259 g/mol. The van der Waals surface area contributed by atoms with Crippen molar-refractivity contribution in [1.82, 2.24) is 0 Å². The van der Waals surface area contributed by atoms with Crippen molar-refractivity contribution < 1.29 is 13.2 Å². The second-order valence-corrected chi connectivity index (χ2v) is 4.34. The van der Waals surface area contributed by atoms with Crippen molar-refractivity contribution in [2.45, 2.75) is 20.0 Å². The molecule has 0 aliphatic rings. The Labute approximate surface area is 101 Å². The van der Waals surface area contributed by atoms with Gasteiger partial charge in [-0.15, -0.1) is 15.7 Å². The Kier molecular flexibility index (Phi) is 4.06. The summed E-state index contributed by atoms with van der Waals surface area (Å²) in [7, 11) is 2.32. The Bertz CT molecular complexity index is 472. The third-order valence-corrected chi connectivity index (χ3v) is 3.07. The quantitative estimate of drug-likeness (QED) is 0.636. The first-order valence-corrected chi connectivity index (χ1v) is 5.51. The van der Waals surface area contributed by atoms with E-state index < -0.39 is 11.7 Å². The minimum Gasteiger partial charge on any atom is -0.373 e. The average Bonchev–Trinajstić information content (AvgIpc) is 2.19. The third-order valence-electron chi connectivity index (χ3n) is 2.48. The van der Waals surface area contributed by atoms with Gasteiger partial charge in [0, 0.05) is 0 Å². The van der Waals surface area contributed by atoms with E-state index in [9.17, 15) is 13.2 Å². The molecule has 0 saturated heterocycles. The maximum Gasteiger partial charge on any atom is 0.418 e. The highest BCUT2D eigenvalue weighted by molar-refractivity contribution is 7.27. The van der Waals surface area contributed by atoms with Crippen molar-refractivity contribution in [1.29, 1.82) is 0 Å². The Hall–Kier alpha value is -1.20. The van der Waals surface area contributed by atoms with Gasteiger partial charge in [-0.2, -0.15) is 13.2 Å². The molecule has 1 atom stereocenters. The second-order valence-electron chi connectivity index (χ2n) is 3.71. The third kappa shape index (κ3) is 2.92. The molecule has 0 amide bonds. The van der Waals surface area contributed by atoms with Crippen molar-refractivity contribution in [3.05, 3.63) is 22.8 Å². The highest BCUT2D eigenvalue weighted by Crippen LogP contribution is 2.38. The van der Waals surface area contributed by atoms with Crippen LogP contribution in [-0.2, 0) is 6.18 Å². The minimum absolute atomic E-state index is 0.0687. The fourth-order valence-electron chi connectivity index (χ4n) is 1.66. The number of aryl methyl sites for hydroxylation is 1. The van der Waals surface area contributed by atoms with Crippen LogP contribution in [0.5, 0.6) is 0 Å². The van der Waals surface area contributed by atoms with Crippen LogP contribution in [0.3, 0.4) is 0 Å². The zero-order valence-electron chi connectivity index (χ0n) is 9.57. The topological polar surface area (TPSA) is 12.0 Å². The van der Waals surface area contributed by atoms with E-state index in [4.69, 9.17) is 6.42 Å². The minimum atomic E-state index is -4.39. The van der Waals surface area contributed by atoms with E-state index in [2.05, 4.69) is 20.5 Å². The van der Waals surface area contributed by atoms with Crippen molar-refractivity contribution in [2.75, 3.05) is 11.9 Å². The highest BCUT2D eigenvalue weighted by Gasteiger charge is 2.36. The van der Waals surface area contributed by atoms with Crippen LogP contribution in [0.25, 0.3) is 0 Å². The Morgan fingerprint density at radius 1 is 1.41 bits per heavy atom. The van der Waals surface area contributed by atoms with Gasteiger partial charge in [-0.05, 0) is 36.3 Å². The van der Waals surface area contributed by atoms with Crippen molar-refractivity contribution in [3.8, 4) is 12.3 Å². The first kappa shape index (κ1) is 13.9. The van der Waals surface area contributed by atoms with Gasteiger partial charge in [0.15, 0.2) is 0 Å². The zero-order chi connectivity index (χ0) is 13.2. The van der Waals surface area contributed by atoms with Crippen molar-refractivity contribution >= 4 is 20.2 Å². The van der Waals surface area contributed by atoms with Crippen molar-refractivity contribution in [3.63, 3.8) is 0 Å². The number of hydrogen-bond donors (Lipinski definition) is 1. The van der Waals surface area contributed by atoms with Crippen LogP contribution in [-0.4, -0.2) is 6.54 Å². The van der Waals surface area contributed by atoms with Gasteiger partial charge in [0.2, 0.25) is 0 Å². The molecular weight excluding hydrogens is 246 g/mol. The summed E-state index contributed by atoms with van der Waals surface area (Å²) in [4.78, 5) is 0. The normalized spacial score (nSPS) is 11.1. The molecule has 0 spiro atoms. The van der Waals surface area contributed by atoms with E-state index in [0.29, 0.717) is 10.9 Å². The number of halogens is 3. The van der Waals surface area contributed by atoms with Gasteiger partial charge < -0.3 is 5.32 Å². The number of nitrogens with one attached hydrogen (secondary N) is 1. The molecule has 92 valence electrons. The maximum absolute atomic E-state index is 13.0. The number of terminal acetylenes is 1. The molecule has 0 heterocycles. The number of rotatable bonds is 2. The Balaban J connectivity index is 3.46. The lowest BCUT2D eigenvalue weighted by atomic mass is 10.0. The molecule has 0 radical (unpaired) electrons. The molecule has 0 aliphatic heterocycles. The summed E-state index contributed by atoms with van der Waals surface area (Å²) in [5.74, 6) is 2.27. The van der Waals surface area contributed by atoms with Gasteiger partial charge in [0.1, 0.15) is 0 Å². The summed E-state index contributed by atoms with van der Waals surface area (Å²) in [5, 5.41) is 3.18. The van der Waals surface area contributed by atoms with Crippen LogP contribution in [0.4, 0.5) is 18.9 Å². The van der Waals surface area contributed by atoms with Crippen LogP contribution in [0.1, 0.15) is 16.7 Å². The number of anilines is 1. The van der Waals surface area contributed by atoms with Gasteiger partial charge in [-0.3, -0.25) is 0 Å². The predicted octanol–water partition coefficient (Wildman–Crippen LogP) is 2.87. The molecule has 1 unspecified atom stereocenters. The molecule has 0 saturated carbocycles. The lowest BCUT2D eigenvalue weighted by Gasteiger charge is -2.20. The molecule has 17 heavy (non-hydrogen) atoms. The summed E-state index contributed by atoms with van der Waals surface area (Å²) >= 11 is 0. The van der Waals surface area contributed by atoms with E-state index in [-0.39, 0.29) is 17.8 Å².